The molecule has 9 heteroatoms. The molecule has 3 heterocycles. The second-order valence-corrected chi connectivity index (χ2v) is 5.77. The zero-order chi connectivity index (χ0) is 14.0. The molecule has 2 aliphatic heterocycles. The van der Waals surface area contributed by atoms with E-state index in [0.717, 1.165) is 43.7 Å². The Morgan fingerprint density at radius 1 is 1.23 bits per heavy atom. The summed E-state index contributed by atoms with van der Waals surface area (Å²) in [6.07, 6.45) is 1.52. The number of aliphatic hydroxyl groups is 1. The van der Waals surface area contributed by atoms with Crippen molar-refractivity contribution in [2.24, 2.45) is 0 Å². The molecule has 1 aromatic rings. The van der Waals surface area contributed by atoms with E-state index in [2.05, 4.69) is 20.4 Å². The number of hydrogen-bond donors (Lipinski definition) is 4. The van der Waals surface area contributed by atoms with Gasteiger partial charge in [-0.3, -0.25) is 14.8 Å². The van der Waals surface area contributed by atoms with Crippen molar-refractivity contribution in [3.05, 3.63) is 21.6 Å². The maximum atomic E-state index is 11.6. The van der Waals surface area contributed by atoms with E-state index in [4.69, 9.17) is 4.74 Å². The van der Waals surface area contributed by atoms with E-state index < -0.39 is 5.60 Å². The van der Waals surface area contributed by atoms with Gasteiger partial charge in [-0.15, -0.1) is 24.8 Å². The first-order chi connectivity index (χ1) is 9.66. The van der Waals surface area contributed by atoms with E-state index in [9.17, 15) is 9.90 Å². The molecule has 1 unspecified atom stereocenters. The number of halogens is 2. The Bertz CT molecular complexity index is 512. The van der Waals surface area contributed by atoms with E-state index in [-0.39, 0.29) is 30.4 Å². The summed E-state index contributed by atoms with van der Waals surface area (Å²) in [6, 6.07) is 0. The van der Waals surface area contributed by atoms with Crippen molar-refractivity contribution in [3.8, 4) is 0 Å². The van der Waals surface area contributed by atoms with Gasteiger partial charge < -0.3 is 20.3 Å². The number of aromatic nitrogens is 2. The van der Waals surface area contributed by atoms with Crippen molar-refractivity contribution in [1.82, 2.24) is 20.4 Å². The number of aromatic amines is 2. The highest BCUT2D eigenvalue weighted by Crippen LogP contribution is 2.14. The van der Waals surface area contributed by atoms with E-state index in [1.54, 1.807) is 0 Å². The van der Waals surface area contributed by atoms with E-state index in [1.165, 1.54) is 0 Å². The Morgan fingerprint density at radius 2 is 2.00 bits per heavy atom. The van der Waals surface area contributed by atoms with Crippen LogP contribution in [0.3, 0.4) is 0 Å². The lowest BCUT2D eigenvalue weighted by Gasteiger charge is -2.32. The maximum Gasteiger partial charge on any atom is 0.267 e. The van der Waals surface area contributed by atoms with Gasteiger partial charge in [0, 0.05) is 50.4 Å². The number of fused-ring (bicyclic) bond motifs is 1. The zero-order valence-corrected chi connectivity index (χ0v) is 14.0. The molecular weight excluding hydrogens is 331 g/mol. The largest absolute Gasteiger partial charge is 0.385 e. The normalized spacial score (nSPS) is 26.0. The van der Waals surface area contributed by atoms with Gasteiger partial charge >= 0.3 is 0 Å². The third-order valence-electron chi connectivity index (χ3n) is 4.09. The molecule has 1 fully saturated rings. The van der Waals surface area contributed by atoms with Gasteiger partial charge in [0.2, 0.25) is 0 Å². The Morgan fingerprint density at radius 3 is 2.82 bits per heavy atom. The third kappa shape index (κ3) is 4.47. The van der Waals surface area contributed by atoms with Crippen LogP contribution in [0.4, 0.5) is 0 Å². The Labute approximate surface area is 141 Å². The van der Waals surface area contributed by atoms with Crippen LogP contribution in [-0.2, 0) is 17.6 Å². The fourth-order valence-corrected chi connectivity index (χ4v) is 3.00. The lowest BCUT2D eigenvalue weighted by Crippen LogP contribution is -2.52. The van der Waals surface area contributed by atoms with Gasteiger partial charge in [0.05, 0.1) is 13.2 Å². The van der Waals surface area contributed by atoms with Crippen molar-refractivity contribution >= 4 is 24.8 Å². The smallest absolute Gasteiger partial charge is 0.267 e. The maximum absolute atomic E-state index is 11.6. The van der Waals surface area contributed by atoms with E-state index >= 15 is 0 Å². The number of ether oxygens (including phenoxy) is 1. The van der Waals surface area contributed by atoms with Crippen LogP contribution >= 0.6 is 24.8 Å². The monoisotopic (exact) mass is 354 g/mol. The quantitative estimate of drug-likeness (QED) is 0.563. The predicted molar refractivity (Wildman–Crippen MR) is 88.4 cm³/mol. The van der Waals surface area contributed by atoms with Crippen molar-refractivity contribution in [3.63, 3.8) is 0 Å². The molecule has 128 valence electrons. The van der Waals surface area contributed by atoms with Crippen LogP contribution < -0.4 is 10.9 Å². The molecule has 1 aromatic heterocycles. The summed E-state index contributed by atoms with van der Waals surface area (Å²) in [7, 11) is 0. The summed E-state index contributed by atoms with van der Waals surface area (Å²) in [5, 5.41) is 19.4. The topological polar surface area (TPSA) is 93.4 Å². The molecule has 0 saturated carbocycles. The van der Waals surface area contributed by atoms with Crippen molar-refractivity contribution in [2.75, 3.05) is 45.9 Å². The van der Waals surface area contributed by atoms with Gasteiger partial charge in [-0.25, -0.2) is 0 Å². The number of β-amino-alcohol motifs (C(OH)–C–C–N with tert-alkyl or cyclic N) is 1. The molecular formula is C13H24Cl2N4O3. The minimum atomic E-state index is -0.846. The predicted octanol–water partition coefficient (Wildman–Crippen LogP) is -0.702. The van der Waals surface area contributed by atoms with Gasteiger partial charge in [-0.2, -0.15) is 0 Å². The van der Waals surface area contributed by atoms with Crippen LogP contribution in [0, 0.1) is 0 Å². The lowest BCUT2D eigenvalue weighted by molar-refractivity contribution is -0.0483. The molecule has 2 aliphatic rings. The molecule has 0 aliphatic carbocycles. The molecule has 0 bridgehead atoms. The lowest BCUT2D eigenvalue weighted by atomic mass is 10.0. The van der Waals surface area contributed by atoms with E-state index in [1.807, 2.05) is 0 Å². The number of rotatable bonds is 2. The number of H-pyrrole nitrogens is 2. The van der Waals surface area contributed by atoms with Crippen LogP contribution in [0.15, 0.2) is 4.79 Å². The van der Waals surface area contributed by atoms with Gasteiger partial charge in [0.25, 0.3) is 5.56 Å². The standard InChI is InChI=1S/C13H22N4O3.2ClH/c18-12-10-1-4-17(5-2-11(10)15-16-12)8-13(19)7-14-3-6-20-9-13;;/h14,19H,1-9H2,(H2,15,16,18);2*1H. The van der Waals surface area contributed by atoms with Crippen molar-refractivity contribution in [1.29, 1.82) is 0 Å². The van der Waals surface area contributed by atoms with Crippen LogP contribution in [0.5, 0.6) is 0 Å². The first-order valence-corrected chi connectivity index (χ1v) is 7.18. The van der Waals surface area contributed by atoms with Gasteiger partial charge in [-0.1, -0.05) is 0 Å². The summed E-state index contributed by atoms with van der Waals surface area (Å²) in [6.45, 7) is 4.53. The van der Waals surface area contributed by atoms with Crippen LogP contribution in [0.25, 0.3) is 0 Å². The van der Waals surface area contributed by atoms with Crippen molar-refractivity contribution in [2.45, 2.75) is 18.4 Å². The Balaban J connectivity index is 0.00000121. The molecule has 0 spiro atoms. The number of nitrogens with one attached hydrogen (secondary N) is 3. The molecule has 0 radical (unpaired) electrons. The van der Waals surface area contributed by atoms with Crippen LogP contribution in [0.1, 0.15) is 11.3 Å². The van der Waals surface area contributed by atoms with Gasteiger partial charge in [0.15, 0.2) is 0 Å². The van der Waals surface area contributed by atoms with E-state index in [0.29, 0.717) is 26.3 Å². The molecule has 1 saturated heterocycles. The highest BCUT2D eigenvalue weighted by Gasteiger charge is 2.32. The van der Waals surface area contributed by atoms with Crippen molar-refractivity contribution < 1.29 is 9.84 Å². The first-order valence-electron chi connectivity index (χ1n) is 7.18. The summed E-state index contributed by atoms with van der Waals surface area (Å²) >= 11 is 0. The summed E-state index contributed by atoms with van der Waals surface area (Å²) in [4.78, 5) is 13.8. The molecule has 0 aromatic carbocycles. The Kier molecular flexibility index (Phi) is 7.37. The molecule has 7 nitrogen and oxygen atoms in total. The zero-order valence-electron chi connectivity index (χ0n) is 12.4. The third-order valence-corrected chi connectivity index (χ3v) is 4.09. The summed E-state index contributed by atoms with van der Waals surface area (Å²) in [5.41, 5.74) is 0.996. The summed E-state index contributed by atoms with van der Waals surface area (Å²) < 4.78 is 5.45. The molecule has 1 atom stereocenters. The highest BCUT2D eigenvalue weighted by atomic mass is 35.5. The van der Waals surface area contributed by atoms with Crippen LogP contribution in [-0.4, -0.2) is 71.7 Å². The van der Waals surface area contributed by atoms with Gasteiger partial charge in [-0.05, 0) is 6.42 Å². The second-order valence-electron chi connectivity index (χ2n) is 5.77. The number of hydrogen-bond acceptors (Lipinski definition) is 5. The second kappa shape index (κ2) is 8.33. The minimum absolute atomic E-state index is 0. The summed E-state index contributed by atoms with van der Waals surface area (Å²) in [5.74, 6) is 0. The fourth-order valence-electron chi connectivity index (χ4n) is 3.00. The fraction of sp³-hybridized carbons (Fsp3) is 0.769. The highest BCUT2D eigenvalue weighted by molar-refractivity contribution is 5.85. The molecule has 0 amide bonds. The molecule has 4 N–H and O–H groups in total. The van der Waals surface area contributed by atoms with Gasteiger partial charge in [0.1, 0.15) is 5.60 Å². The van der Waals surface area contributed by atoms with Crippen LogP contribution in [0.2, 0.25) is 0 Å². The first kappa shape index (κ1) is 19.5. The SMILES string of the molecule is Cl.Cl.O=c1[nH][nH]c2c1CCN(CC1(O)CNCCOC1)CC2. The molecule has 3 rings (SSSR count). The molecule has 22 heavy (non-hydrogen) atoms. The number of nitrogens with zero attached hydrogens (tertiary/aromatic N) is 1. The Hall–Kier alpha value is -0.570. The average Bonchev–Trinajstić information content (AvgIpc) is 2.60. The minimum Gasteiger partial charge on any atom is -0.385 e. The average molecular weight is 355 g/mol.